The van der Waals surface area contributed by atoms with Gasteiger partial charge < -0.3 is 4.74 Å². The van der Waals surface area contributed by atoms with Crippen molar-refractivity contribution in [2.24, 2.45) is 23.7 Å². The summed E-state index contributed by atoms with van der Waals surface area (Å²) in [5.74, 6) is 3.38. The monoisotopic (exact) mass is 236 g/mol. The van der Waals surface area contributed by atoms with Gasteiger partial charge in [-0.15, -0.1) is 13.2 Å². The number of hydrogen-bond acceptors (Lipinski definition) is 1. The SMILES string of the molecule is C=CCC[C@@H]1[C@H](CC)[C@H](COC)[C@H]1CCC=C. The summed E-state index contributed by atoms with van der Waals surface area (Å²) in [6.45, 7) is 10.9. The van der Waals surface area contributed by atoms with Crippen LogP contribution in [0.25, 0.3) is 0 Å². The molecule has 0 aromatic heterocycles. The molecule has 0 aromatic carbocycles. The largest absolute Gasteiger partial charge is 0.384 e. The van der Waals surface area contributed by atoms with Crippen LogP contribution in [0.15, 0.2) is 25.3 Å². The first-order valence-corrected chi connectivity index (χ1v) is 7.00. The van der Waals surface area contributed by atoms with Gasteiger partial charge in [0.15, 0.2) is 0 Å². The average molecular weight is 236 g/mol. The highest BCUT2D eigenvalue weighted by Crippen LogP contribution is 2.52. The Bertz CT molecular complexity index is 234. The molecule has 1 fully saturated rings. The van der Waals surface area contributed by atoms with E-state index in [1.165, 1.54) is 19.3 Å². The van der Waals surface area contributed by atoms with Gasteiger partial charge in [-0.3, -0.25) is 0 Å². The molecule has 1 aliphatic rings. The van der Waals surface area contributed by atoms with E-state index in [2.05, 4.69) is 26.2 Å². The van der Waals surface area contributed by atoms with Crippen LogP contribution >= 0.6 is 0 Å². The Labute approximate surface area is 107 Å². The lowest BCUT2D eigenvalue weighted by molar-refractivity contribution is -0.0732. The van der Waals surface area contributed by atoms with E-state index in [4.69, 9.17) is 4.74 Å². The van der Waals surface area contributed by atoms with Gasteiger partial charge in [0.2, 0.25) is 0 Å². The third kappa shape index (κ3) is 3.45. The van der Waals surface area contributed by atoms with E-state index >= 15 is 0 Å². The standard InChI is InChI=1S/C16H28O/c1-5-8-10-14-13(7-3)16(12-17-4)15(14)11-9-6-2/h5-6,13-16H,1-2,7-12H2,3-4H3/t13-,14+,15-,16-/m0/s1. The van der Waals surface area contributed by atoms with Crippen molar-refractivity contribution in [3.8, 4) is 0 Å². The fraction of sp³-hybridized carbons (Fsp3) is 0.750. The smallest absolute Gasteiger partial charge is 0.0496 e. The lowest BCUT2D eigenvalue weighted by atomic mass is 9.53. The predicted molar refractivity (Wildman–Crippen MR) is 75.0 cm³/mol. The summed E-state index contributed by atoms with van der Waals surface area (Å²) in [5, 5.41) is 0. The third-order valence-electron chi connectivity index (χ3n) is 4.44. The van der Waals surface area contributed by atoms with Crippen LogP contribution in [0.4, 0.5) is 0 Å². The van der Waals surface area contributed by atoms with Crippen LogP contribution in [0.1, 0.15) is 39.0 Å². The van der Waals surface area contributed by atoms with Gasteiger partial charge in [0.25, 0.3) is 0 Å². The third-order valence-corrected chi connectivity index (χ3v) is 4.44. The Hall–Kier alpha value is -0.560. The molecule has 1 rings (SSSR count). The molecular weight excluding hydrogens is 208 g/mol. The molecule has 0 radical (unpaired) electrons. The number of methoxy groups -OCH3 is 1. The highest BCUT2D eigenvalue weighted by atomic mass is 16.5. The van der Waals surface area contributed by atoms with Gasteiger partial charge in [-0.2, -0.15) is 0 Å². The maximum absolute atomic E-state index is 5.39. The molecule has 0 bridgehead atoms. The zero-order valence-corrected chi connectivity index (χ0v) is 11.5. The summed E-state index contributed by atoms with van der Waals surface area (Å²) in [7, 11) is 1.83. The van der Waals surface area contributed by atoms with E-state index in [9.17, 15) is 0 Å². The van der Waals surface area contributed by atoms with Crippen LogP contribution in [0.3, 0.4) is 0 Å². The second-order valence-corrected chi connectivity index (χ2v) is 5.25. The van der Waals surface area contributed by atoms with Crippen LogP contribution in [-0.4, -0.2) is 13.7 Å². The molecule has 0 amide bonds. The molecule has 1 aliphatic carbocycles. The molecule has 1 saturated carbocycles. The second-order valence-electron chi connectivity index (χ2n) is 5.25. The summed E-state index contributed by atoms with van der Waals surface area (Å²) >= 11 is 0. The first-order valence-electron chi connectivity index (χ1n) is 7.00. The summed E-state index contributed by atoms with van der Waals surface area (Å²) in [5.41, 5.74) is 0. The van der Waals surface area contributed by atoms with Crippen molar-refractivity contribution in [3.05, 3.63) is 25.3 Å². The summed E-state index contributed by atoms with van der Waals surface area (Å²) in [6, 6.07) is 0. The first-order chi connectivity index (χ1) is 8.29. The lowest BCUT2D eigenvalue weighted by Crippen LogP contribution is -2.48. The fourth-order valence-electron chi connectivity index (χ4n) is 3.65. The van der Waals surface area contributed by atoms with Gasteiger partial charge in [0.05, 0.1) is 0 Å². The molecule has 0 aliphatic heterocycles. The minimum Gasteiger partial charge on any atom is -0.384 e. The number of rotatable bonds is 9. The normalized spacial score (nSPS) is 31.9. The predicted octanol–water partition coefficient (Wildman–Crippen LogP) is 4.45. The molecule has 0 aromatic rings. The van der Waals surface area contributed by atoms with E-state index in [1.54, 1.807) is 0 Å². The number of hydrogen-bond donors (Lipinski definition) is 0. The zero-order chi connectivity index (χ0) is 12.7. The topological polar surface area (TPSA) is 9.23 Å². The first kappa shape index (κ1) is 14.5. The maximum Gasteiger partial charge on any atom is 0.0496 e. The molecule has 0 heterocycles. The van der Waals surface area contributed by atoms with Gasteiger partial charge in [0, 0.05) is 13.7 Å². The van der Waals surface area contributed by atoms with Crippen molar-refractivity contribution < 1.29 is 4.74 Å². The van der Waals surface area contributed by atoms with Gasteiger partial charge in [-0.25, -0.2) is 0 Å². The van der Waals surface area contributed by atoms with Crippen LogP contribution in [0, 0.1) is 23.7 Å². The molecule has 0 saturated heterocycles. The van der Waals surface area contributed by atoms with Crippen molar-refractivity contribution >= 4 is 0 Å². The van der Waals surface area contributed by atoms with Crippen LogP contribution in [0.2, 0.25) is 0 Å². The second kappa shape index (κ2) is 7.71. The highest BCUT2D eigenvalue weighted by molar-refractivity contribution is 4.97. The van der Waals surface area contributed by atoms with Crippen LogP contribution < -0.4 is 0 Å². The Morgan fingerprint density at radius 2 is 1.47 bits per heavy atom. The maximum atomic E-state index is 5.39. The number of ether oxygens (including phenoxy) is 1. The zero-order valence-electron chi connectivity index (χ0n) is 11.5. The van der Waals surface area contributed by atoms with Crippen molar-refractivity contribution in [2.75, 3.05) is 13.7 Å². The molecule has 98 valence electrons. The van der Waals surface area contributed by atoms with E-state index < -0.39 is 0 Å². The lowest BCUT2D eigenvalue weighted by Gasteiger charge is -2.52. The summed E-state index contributed by atoms with van der Waals surface area (Å²) < 4.78 is 5.39. The van der Waals surface area contributed by atoms with Crippen molar-refractivity contribution in [1.29, 1.82) is 0 Å². The Morgan fingerprint density at radius 3 is 1.88 bits per heavy atom. The van der Waals surface area contributed by atoms with E-state index in [0.717, 1.165) is 43.1 Å². The van der Waals surface area contributed by atoms with E-state index in [0.29, 0.717) is 0 Å². The van der Waals surface area contributed by atoms with Crippen LogP contribution in [0.5, 0.6) is 0 Å². The minimum atomic E-state index is 0.778. The van der Waals surface area contributed by atoms with Crippen LogP contribution in [-0.2, 0) is 4.74 Å². The molecule has 0 N–H and O–H groups in total. The molecule has 0 unspecified atom stereocenters. The van der Waals surface area contributed by atoms with E-state index in [-0.39, 0.29) is 0 Å². The molecule has 17 heavy (non-hydrogen) atoms. The Kier molecular flexibility index (Phi) is 6.57. The quantitative estimate of drug-likeness (QED) is 0.537. The number of allylic oxidation sites excluding steroid dienone is 2. The Morgan fingerprint density at radius 1 is 0.941 bits per heavy atom. The molecule has 1 nitrogen and oxygen atoms in total. The van der Waals surface area contributed by atoms with Crippen molar-refractivity contribution in [1.82, 2.24) is 0 Å². The Balaban J connectivity index is 2.56. The van der Waals surface area contributed by atoms with Gasteiger partial charge >= 0.3 is 0 Å². The molecule has 1 heteroatoms. The molecular formula is C16H28O. The molecule has 4 atom stereocenters. The van der Waals surface area contributed by atoms with Crippen molar-refractivity contribution in [3.63, 3.8) is 0 Å². The molecule has 0 spiro atoms. The highest BCUT2D eigenvalue weighted by Gasteiger charge is 2.47. The van der Waals surface area contributed by atoms with Gasteiger partial charge in [0.1, 0.15) is 0 Å². The fourth-order valence-corrected chi connectivity index (χ4v) is 3.65. The minimum absolute atomic E-state index is 0.778. The summed E-state index contributed by atoms with van der Waals surface area (Å²) in [6.07, 6.45) is 10.3. The summed E-state index contributed by atoms with van der Waals surface area (Å²) in [4.78, 5) is 0. The average Bonchev–Trinajstić information content (AvgIpc) is 2.33. The van der Waals surface area contributed by atoms with E-state index in [1.807, 2.05) is 13.2 Å². The van der Waals surface area contributed by atoms with Gasteiger partial charge in [-0.05, 0) is 49.4 Å². The van der Waals surface area contributed by atoms with Crippen molar-refractivity contribution in [2.45, 2.75) is 39.0 Å². The van der Waals surface area contributed by atoms with Gasteiger partial charge in [-0.1, -0.05) is 25.5 Å².